The fourth-order valence-electron chi connectivity index (χ4n) is 2.96. The van der Waals surface area contributed by atoms with Gasteiger partial charge in [0.2, 0.25) is 0 Å². The van der Waals surface area contributed by atoms with Gasteiger partial charge in [-0.05, 0) is 38.5 Å². The zero-order chi connectivity index (χ0) is 13.3. The summed E-state index contributed by atoms with van der Waals surface area (Å²) in [6, 6.07) is 0. The Hall–Kier alpha value is -0.770. The SMILES string of the molecule is NC(=NCCCOC1CCCCC1)N1CCCCC1. The maximum atomic E-state index is 6.01. The van der Waals surface area contributed by atoms with Crippen LogP contribution in [0.3, 0.4) is 0 Å². The van der Waals surface area contributed by atoms with E-state index in [1.165, 1.54) is 51.4 Å². The summed E-state index contributed by atoms with van der Waals surface area (Å²) in [5, 5.41) is 0. The van der Waals surface area contributed by atoms with Gasteiger partial charge in [-0.3, -0.25) is 4.99 Å². The zero-order valence-corrected chi connectivity index (χ0v) is 12.1. The van der Waals surface area contributed by atoms with Crippen LogP contribution in [0, 0.1) is 0 Å². The molecule has 1 aliphatic heterocycles. The molecular formula is C15H29N3O. The maximum Gasteiger partial charge on any atom is 0.191 e. The summed E-state index contributed by atoms with van der Waals surface area (Å²) >= 11 is 0. The van der Waals surface area contributed by atoms with Crippen LogP contribution in [0.25, 0.3) is 0 Å². The number of likely N-dealkylation sites (tertiary alicyclic amines) is 1. The minimum Gasteiger partial charge on any atom is -0.378 e. The molecule has 110 valence electrons. The first-order valence-electron chi connectivity index (χ1n) is 8.03. The molecule has 1 saturated heterocycles. The summed E-state index contributed by atoms with van der Waals surface area (Å²) in [6.07, 6.45) is 11.9. The second kappa shape index (κ2) is 8.41. The number of nitrogens with zero attached hydrogens (tertiary/aromatic N) is 2. The number of rotatable bonds is 5. The molecule has 0 unspecified atom stereocenters. The minimum atomic E-state index is 0.511. The van der Waals surface area contributed by atoms with E-state index in [0.29, 0.717) is 6.10 Å². The van der Waals surface area contributed by atoms with Crippen molar-refractivity contribution >= 4 is 5.96 Å². The third kappa shape index (κ3) is 5.39. The van der Waals surface area contributed by atoms with Gasteiger partial charge in [0.1, 0.15) is 0 Å². The summed E-state index contributed by atoms with van der Waals surface area (Å²) in [5.41, 5.74) is 6.01. The van der Waals surface area contributed by atoms with E-state index in [0.717, 1.165) is 38.6 Å². The van der Waals surface area contributed by atoms with Gasteiger partial charge in [-0.25, -0.2) is 0 Å². The van der Waals surface area contributed by atoms with E-state index in [2.05, 4.69) is 9.89 Å². The molecule has 0 bridgehead atoms. The Morgan fingerprint density at radius 1 is 1.05 bits per heavy atom. The van der Waals surface area contributed by atoms with Gasteiger partial charge in [0.15, 0.2) is 5.96 Å². The normalized spacial score (nSPS) is 22.7. The number of hydrogen-bond donors (Lipinski definition) is 1. The predicted molar refractivity (Wildman–Crippen MR) is 79.4 cm³/mol. The number of guanidine groups is 1. The van der Waals surface area contributed by atoms with Crippen LogP contribution >= 0.6 is 0 Å². The van der Waals surface area contributed by atoms with Crippen molar-refractivity contribution in [3.05, 3.63) is 0 Å². The number of piperidine rings is 1. The van der Waals surface area contributed by atoms with Crippen molar-refractivity contribution in [2.45, 2.75) is 63.9 Å². The van der Waals surface area contributed by atoms with Crippen LogP contribution in [-0.4, -0.2) is 43.2 Å². The van der Waals surface area contributed by atoms with Crippen LogP contribution in [0.1, 0.15) is 57.8 Å². The molecule has 0 aromatic heterocycles. The van der Waals surface area contributed by atoms with E-state index >= 15 is 0 Å². The van der Waals surface area contributed by atoms with Gasteiger partial charge in [0, 0.05) is 26.2 Å². The van der Waals surface area contributed by atoms with Crippen LogP contribution < -0.4 is 5.73 Å². The second-order valence-electron chi connectivity index (χ2n) is 5.77. The van der Waals surface area contributed by atoms with Crippen molar-refractivity contribution < 1.29 is 4.74 Å². The van der Waals surface area contributed by atoms with Crippen molar-refractivity contribution in [3.8, 4) is 0 Å². The molecule has 0 atom stereocenters. The summed E-state index contributed by atoms with van der Waals surface area (Å²) in [4.78, 5) is 6.68. The van der Waals surface area contributed by atoms with Crippen LogP contribution in [0.2, 0.25) is 0 Å². The Balaban J connectivity index is 1.54. The molecule has 2 fully saturated rings. The average molecular weight is 267 g/mol. The Labute approximate surface area is 117 Å². The van der Waals surface area contributed by atoms with Gasteiger partial charge in [0.05, 0.1) is 6.10 Å². The van der Waals surface area contributed by atoms with Crippen LogP contribution in [-0.2, 0) is 4.74 Å². The number of hydrogen-bond acceptors (Lipinski definition) is 2. The van der Waals surface area contributed by atoms with Gasteiger partial charge >= 0.3 is 0 Å². The zero-order valence-electron chi connectivity index (χ0n) is 12.1. The lowest BCUT2D eigenvalue weighted by atomic mass is 9.98. The molecule has 19 heavy (non-hydrogen) atoms. The van der Waals surface area contributed by atoms with Crippen molar-refractivity contribution in [2.24, 2.45) is 10.7 Å². The molecule has 1 heterocycles. The summed E-state index contributed by atoms with van der Waals surface area (Å²) < 4.78 is 5.89. The van der Waals surface area contributed by atoms with Crippen molar-refractivity contribution in [1.82, 2.24) is 4.90 Å². The summed E-state index contributed by atoms with van der Waals surface area (Å²) in [5.74, 6) is 0.734. The first-order valence-corrected chi connectivity index (χ1v) is 8.03. The number of ether oxygens (including phenoxy) is 1. The number of nitrogens with two attached hydrogens (primary N) is 1. The molecule has 0 spiro atoms. The maximum absolute atomic E-state index is 6.01. The standard InChI is InChI=1S/C15H29N3O/c16-15(18-11-5-2-6-12-18)17-10-7-13-19-14-8-3-1-4-9-14/h14H,1-13H2,(H2,16,17). The third-order valence-corrected chi connectivity index (χ3v) is 4.16. The molecule has 0 amide bonds. The summed E-state index contributed by atoms with van der Waals surface area (Å²) in [6.45, 7) is 3.79. The quantitative estimate of drug-likeness (QED) is 0.473. The smallest absolute Gasteiger partial charge is 0.191 e. The Bertz CT molecular complexity index is 269. The molecule has 2 aliphatic rings. The van der Waals surface area contributed by atoms with Crippen LogP contribution in [0.5, 0.6) is 0 Å². The van der Waals surface area contributed by atoms with E-state index in [1.54, 1.807) is 0 Å². The monoisotopic (exact) mass is 267 g/mol. The molecule has 2 rings (SSSR count). The van der Waals surface area contributed by atoms with Crippen molar-refractivity contribution in [3.63, 3.8) is 0 Å². The van der Waals surface area contributed by atoms with E-state index in [4.69, 9.17) is 10.5 Å². The second-order valence-corrected chi connectivity index (χ2v) is 5.77. The summed E-state index contributed by atoms with van der Waals surface area (Å²) in [7, 11) is 0. The topological polar surface area (TPSA) is 50.9 Å². The Morgan fingerprint density at radius 2 is 1.74 bits per heavy atom. The fourth-order valence-corrected chi connectivity index (χ4v) is 2.96. The molecule has 1 aliphatic carbocycles. The average Bonchev–Trinajstić information content (AvgIpc) is 2.49. The van der Waals surface area contributed by atoms with Gasteiger partial charge in [-0.2, -0.15) is 0 Å². The molecule has 0 aromatic carbocycles. The van der Waals surface area contributed by atoms with E-state index < -0.39 is 0 Å². The lowest BCUT2D eigenvalue weighted by molar-refractivity contribution is 0.0281. The van der Waals surface area contributed by atoms with Crippen molar-refractivity contribution in [2.75, 3.05) is 26.2 Å². The predicted octanol–water partition coefficient (Wildman–Crippen LogP) is 2.53. The minimum absolute atomic E-state index is 0.511. The van der Waals surface area contributed by atoms with Gasteiger partial charge in [-0.1, -0.05) is 19.3 Å². The molecule has 1 saturated carbocycles. The lowest BCUT2D eigenvalue weighted by Crippen LogP contribution is -2.40. The highest BCUT2D eigenvalue weighted by atomic mass is 16.5. The van der Waals surface area contributed by atoms with E-state index in [9.17, 15) is 0 Å². The van der Waals surface area contributed by atoms with Gasteiger partial charge in [-0.15, -0.1) is 0 Å². The van der Waals surface area contributed by atoms with Crippen LogP contribution in [0.15, 0.2) is 4.99 Å². The van der Waals surface area contributed by atoms with Gasteiger partial charge < -0.3 is 15.4 Å². The molecule has 0 aromatic rings. The van der Waals surface area contributed by atoms with E-state index in [1.807, 2.05) is 0 Å². The molecule has 4 nitrogen and oxygen atoms in total. The molecular weight excluding hydrogens is 238 g/mol. The highest BCUT2D eigenvalue weighted by molar-refractivity contribution is 5.78. The molecule has 4 heteroatoms. The fraction of sp³-hybridized carbons (Fsp3) is 0.933. The highest BCUT2D eigenvalue weighted by Gasteiger charge is 2.13. The highest BCUT2D eigenvalue weighted by Crippen LogP contribution is 2.20. The first kappa shape index (κ1) is 14.6. The Morgan fingerprint density at radius 3 is 2.47 bits per heavy atom. The largest absolute Gasteiger partial charge is 0.378 e. The van der Waals surface area contributed by atoms with Gasteiger partial charge in [0.25, 0.3) is 0 Å². The lowest BCUT2D eigenvalue weighted by Gasteiger charge is -2.27. The Kier molecular flexibility index (Phi) is 6.48. The van der Waals surface area contributed by atoms with Crippen LogP contribution in [0.4, 0.5) is 0 Å². The molecule has 2 N–H and O–H groups in total. The van der Waals surface area contributed by atoms with Crippen molar-refractivity contribution in [1.29, 1.82) is 0 Å². The first-order chi connectivity index (χ1) is 9.36. The molecule has 0 radical (unpaired) electrons. The third-order valence-electron chi connectivity index (χ3n) is 4.16. The number of aliphatic imine (C=N–C) groups is 1. The van der Waals surface area contributed by atoms with E-state index in [-0.39, 0.29) is 0 Å².